The van der Waals surface area contributed by atoms with Crippen LogP contribution in [0.3, 0.4) is 0 Å². The van der Waals surface area contributed by atoms with Gasteiger partial charge >= 0.3 is 5.69 Å². The smallest absolute Gasteiger partial charge is 0.329 e. The summed E-state index contributed by atoms with van der Waals surface area (Å²) in [4.78, 5) is 18.6. The molecule has 0 unspecified atom stereocenters. The van der Waals surface area contributed by atoms with Gasteiger partial charge in [0.25, 0.3) is 0 Å². The zero-order valence-corrected chi connectivity index (χ0v) is 12.2. The van der Waals surface area contributed by atoms with Crippen LogP contribution in [0.15, 0.2) is 24.4 Å². The van der Waals surface area contributed by atoms with Gasteiger partial charge in [-0.15, -0.1) is 0 Å². The molecule has 0 saturated heterocycles. The van der Waals surface area contributed by atoms with Crippen molar-refractivity contribution in [2.24, 2.45) is 0 Å². The van der Waals surface area contributed by atoms with Gasteiger partial charge in [-0.25, -0.2) is 4.98 Å². The van der Waals surface area contributed by atoms with Gasteiger partial charge in [0.05, 0.1) is 4.92 Å². The second-order valence-electron chi connectivity index (χ2n) is 4.64. The first-order valence-corrected chi connectivity index (χ1v) is 6.61. The van der Waals surface area contributed by atoms with E-state index in [-0.39, 0.29) is 11.5 Å². The van der Waals surface area contributed by atoms with Crippen LogP contribution in [-0.4, -0.2) is 21.4 Å². The van der Waals surface area contributed by atoms with E-state index >= 15 is 0 Å². The Kier molecular flexibility index (Phi) is 4.32. The molecule has 1 aromatic carbocycles. The quantitative estimate of drug-likeness (QED) is 0.648. The molecule has 2 rings (SSSR count). The molecule has 7 nitrogen and oxygen atoms in total. The van der Waals surface area contributed by atoms with Crippen LogP contribution in [0.4, 0.5) is 23.1 Å². The minimum Gasteiger partial charge on any atom is -0.354 e. The molecule has 7 heteroatoms. The molecule has 0 fully saturated rings. The monoisotopic (exact) mass is 287 g/mol. The molecule has 0 amide bonds. The summed E-state index contributed by atoms with van der Waals surface area (Å²) < 4.78 is 0. The first-order valence-electron chi connectivity index (χ1n) is 6.61. The number of hydrogen-bond donors (Lipinski definition) is 2. The van der Waals surface area contributed by atoms with E-state index in [0.29, 0.717) is 12.5 Å². The van der Waals surface area contributed by atoms with Gasteiger partial charge in [0.1, 0.15) is 6.20 Å². The van der Waals surface area contributed by atoms with Crippen molar-refractivity contribution in [1.82, 2.24) is 9.97 Å². The molecule has 0 atom stereocenters. The van der Waals surface area contributed by atoms with Crippen LogP contribution in [0.5, 0.6) is 0 Å². The molecule has 2 N–H and O–H groups in total. The Labute approximate surface area is 122 Å². The second-order valence-corrected chi connectivity index (χ2v) is 4.64. The number of nitrogens with one attached hydrogen (secondary N) is 2. The largest absolute Gasteiger partial charge is 0.354 e. The maximum atomic E-state index is 11.1. The molecule has 110 valence electrons. The molecule has 0 spiro atoms. The fourth-order valence-corrected chi connectivity index (χ4v) is 1.80. The standard InChI is InChI=1S/C14H17N5O2/c1-4-15-14-16-8-12(19(20)21)13(18-14)17-11-6-5-9(2)10(3)7-11/h5-8H,4H2,1-3H3,(H2,15,16,17,18). The summed E-state index contributed by atoms with van der Waals surface area (Å²) >= 11 is 0. The number of nitrogens with zero attached hydrogens (tertiary/aromatic N) is 3. The number of aryl methyl sites for hydroxylation is 2. The second kappa shape index (κ2) is 6.17. The third-order valence-electron chi connectivity index (χ3n) is 3.07. The van der Waals surface area contributed by atoms with Gasteiger partial charge in [0, 0.05) is 12.2 Å². The third-order valence-corrected chi connectivity index (χ3v) is 3.07. The van der Waals surface area contributed by atoms with Crippen molar-refractivity contribution in [2.45, 2.75) is 20.8 Å². The van der Waals surface area contributed by atoms with E-state index in [4.69, 9.17) is 0 Å². The number of hydrogen-bond acceptors (Lipinski definition) is 6. The van der Waals surface area contributed by atoms with Crippen molar-refractivity contribution in [1.29, 1.82) is 0 Å². The number of benzene rings is 1. The molecule has 21 heavy (non-hydrogen) atoms. The van der Waals surface area contributed by atoms with E-state index in [1.807, 2.05) is 39.0 Å². The third kappa shape index (κ3) is 3.44. The highest BCUT2D eigenvalue weighted by Gasteiger charge is 2.17. The lowest BCUT2D eigenvalue weighted by molar-refractivity contribution is -0.384. The minimum atomic E-state index is -0.501. The number of rotatable bonds is 5. The van der Waals surface area contributed by atoms with Crippen LogP contribution in [0.1, 0.15) is 18.1 Å². The lowest BCUT2D eigenvalue weighted by Gasteiger charge is -2.09. The highest BCUT2D eigenvalue weighted by atomic mass is 16.6. The molecule has 0 aliphatic rings. The summed E-state index contributed by atoms with van der Waals surface area (Å²) in [5.74, 6) is 0.531. The molecule has 0 saturated carbocycles. The van der Waals surface area contributed by atoms with Crippen molar-refractivity contribution in [2.75, 3.05) is 17.2 Å². The lowest BCUT2D eigenvalue weighted by Crippen LogP contribution is -2.06. The Bertz CT molecular complexity index is 672. The fourth-order valence-electron chi connectivity index (χ4n) is 1.80. The number of anilines is 3. The number of aromatic nitrogens is 2. The zero-order chi connectivity index (χ0) is 15.4. The lowest BCUT2D eigenvalue weighted by atomic mass is 10.1. The van der Waals surface area contributed by atoms with Gasteiger partial charge in [-0.2, -0.15) is 4.98 Å². The van der Waals surface area contributed by atoms with Crippen LogP contribution < -0.4 is 10.6 Å². The predicted molar refractivity (Wildman–Crippen MR) is 82.0 cm³/mol. The Morgan fingerprint density at radius 3 is 2.67 bits per heavy atom. The summed E-state index contributed by atoms with van der Waals surface area (Å²) in [6, 6.07) is 5.74. The average molecular weight is 287 g/mol. The maximum Gasteiger partial charge on any atom is 0.329 e. The molecule has 0 bridgehead atoms. The predicted octanol–water partition coefficient (Wildman–Crippen LogP) is 3.18. The fraction of sp³-hybridized carbons (Fsp3) is 0.286. The van der Waals surface area contributed by atoms with Gasteiger partial charge in [0.15, 0.2) is 0 Å². The van der Waals surface area contributed by atoms with Gasteiger partial charge < -0.3 is 10.6 Å². The average Bonchev–Trinajstić information content (AvgIpc) is 2.43. The molecule has 0 aliphatic heterocycles. The summed E-state index contributed by atoms with van der Waals surface area (Å²) in [6.45, 7) is 6.54. The van der Waals surface area contributed by atoms with Crippen molar-refractivity contribution < 1.29 is 4.92 Å². The molecular formula is C14H17N5O2. The van der Waals surface area contributed by atoms with Crippen LogP contribution >= 0.6 is 0 Å². The van der Waals surface area contributed by atoms with E-state index in [1.54, 1.807) is 0 Å². The van der Waals surface area contributed by atoms with Crippen molar-refractivity contribution in [3.8, 4) is 0 Å². The first kappa shape index (κ1) is 14.7. The Hall–Kier alpha value is -2.70. The van der Waals surface area contributed by atoms with Crippen LogP contribution in [0.25, 0.3) is 0 Å². The Morgan fingerprint density at radius 1 is 1.29 bits per heavy atom. The minimum absolute atomic E-state index is 0.158. The normalized spacial score (nSPS) is 10.2. The summed E-state index contributed by atoms with van der Waals surface area (Å²) in [5, 5.41) is 17.0. The maximum absolute atomic E-state index is 11.1. The SMILES string of the molecule is CCNc1ncc([N+](=O)[O-])c(Nc2ccc(C)c(C)c2)n1. The van der Waals surface area contributed by atoms with Crippen molar-refractivity contribution >= 4 is 23.1 Å². The van der Waals surface area contributed by atoms with E-state index in [9.17, 15) is 10.1 Å². The van der Waals surface area contributed by atoms with Crippen LogP contribution in [-0.2, 0) is 0 Å². The topological polar surface area (TPSA) is 93.0 Å². The molecule has 2 aromatic rings. The zero-order valence-electron chi connectivity index (χ0n) is 12.2. The van der Waals surface area contributed by atoms with Crippen LogP contribution in [0, 0.1) is 24.0 Å². The molecular weight excluding hydrogens is 270 g/mol. The molecule has 1 heterocycles. The van der Waals surface area contributed by atoms with Gasteiger partial charge in [-0.1, -0.05) is 6.07 Å². The Balaban J connectivity index is 2.37. The summed E-state index contributed by atoms with van der Waals surface area (Å²) in [5.41, 5.74) is 2.85. The van der Waals surface area contributed by atoms with Crippen LogP contribution in [0.2, 0.25) is 0 Å². The van der Waals surface area contributed by atoms with E-state index < -0.39 is 4.92 Å². The highest BCUT2D eigenvalue weighted by Crippen LogP contribution is 2.26. The summed E-state index contributed by atoms with van der Waals surface area (Å²) in [6.07, 6.45) is 1.20. The van der Waals surface area contributed by atoms with Gasteiger partial charge in [-0.05, 0) is 44.0 Å². The first-order chi connectivity index (χ1) is 10.0. The van der Waals surface area contributed by atoms with Gasteiger partial charge in [-0.3, -0.25) is 10.1 Å². The van der Waals surface area contributed by atoms with Crippen molar-refractivity contribution in [3.63, 3.8) is 0 Å². The highest BCUT2D eigenvalue weighted by molar-refractivity contribution is 5.66. The van der Waals surface area contributed by atoms with E-state index in [1.165, 1.54) is 6.20 Å². The van der Waals surface area contributed by atoms with E-state index in [0.717, 1.165) is 16.8 Å². The molecule has 1 aromatic heterocycles. The molecule has 0 aliphatic carbocycles. The van der Waals surface area contributed by atoms with E-state index in [2.05, 4.69) is 20.6 Å². The summed E-state index contributed by atoms with van der Waals surface area (Å²) in [7, 11) is 0. The van der Waals surface area contributed by atoms with Crippen molar-refractivity contribution in [3.05, 3.63) is 45.6 Å². The Morgan fingerprint density at radius 2 is 2.05 bits per heavy atom. The molecule has 0 radical (unpaired) electrons. The number of nitro groups is 1. The van der Waals surface area contributed by atoms with Gasteiger partial charge in [0.2, 0.25) is 11.8 Å².